The van der Waals surface area contributed by atoms with Crippen LogP contribution in [0.25, 0.3) is 5.69 Å². The van der Waals surface area contributed by atoms with E-state index in [2.05, 4.69) is 15.6 Å². The van der Waals surface area contributed by atoms with Crippen LogP contribution in [0.3, 0.4) is 0 Å². The minimum Gasteiger partial charge on any atom is -0.396 e. The Bertz CT molecular complexity index is 654. The highest BCUT2D eigenvalue weighted by atomic mass is 16.3. The minimum atomic E-state index is -0.276. The maximum absolute atomic E-state index is 12.2. The molecule has 0 bridgehead atoms. The van der Waals surface area contributed by atoms with Crippen molar-refractivity contribution in [2.45, 2.75) is 33.6 Å². The number of nitrogens with one attached hydrogen (secondary N) is 1. The van der Waals surface area contributed by atoms with E-state index in [9.17, 15) is 9.90 Å². The van der Waals surface area contributed by atoms with E-state index in [1.165, 1.54) is 0 Å². The summed E-state index contributed by atoms with van der Waals surface area (Å²) in [5.74, 6) is -0.274. The second-order valence-corrected chi connectivity index (χ2v) is 5.94. The Labute approximate surface area is 136 Å². The van der Waals surface area contributed by atoms with Gasteiger partial charge in [-0.2, -0.15) is 0 Å². The van der Waals surface area contributed by atoms with Gasteiger partial charge in [-0.25, -0.2) is 4.68 Å². The van der Waals surface area contributed by atoms with Gasteiger partial charge in [-0.15, -0.1) is 5.10 Å². The lowest BCUT2D eigenvalue weighted by Gasteiger charge is -2.29. The van der Waals surface area contributed by atoms with Crippen LogP contribution in [0.2, 0.25) is 0 Å². The molecule has 0 aliphatic carbocycles. The van der Waals surface area contributed by atoms with E-state index in [1.807, 2.05) is 45.0 Å². The SMILES string of the molecule is CCC(CC)(CO)CNC(=O)c1cn(-c2cccc(C)c2)nn1. The average Bonchev–Trinajstić information content (AvgIpc) is 3.06. The number of carbonyl (C=O) groups is 1. The van der Waals surface area contributed by atoms with Crippen molar-refractivity contribution in [2.75, 3.05) is 13.2 Å². The number of aryl methyl sites for hydroxylation is 1. The Hall–Kier alpha value is -2.21. The molecule has 0 atom stereocenters. The monoisotopic (exact) mass is 316 g/mol. The topological polar surface area (TPSA) is 80.0 Å². The molecule has 0 fully saturated rings. The van der Waals surface area contributed by atoms with Crippen molar-refractivity contribution in [2.24, 2.45) is 5.41 Å². The first-order chi connectivity index (χ1) is 11.0. The summed E-state index contributed by atoms with van der Waals surface area (Å²) in [6.45, 7) is 6.50. The first-order valence-electron chi connectivity index (χ1n) is 7.92. The number of nitrogens with zero attached hydrogens (tertiary/aromatic N) is 3. The molecule has 0 radical (unpaired) electrons. The van der Waals surface area contributed by atoms with Gasteiger partial charge in [-0.05, 0) is 37.5 Å². The molecule has 2 aromatic rings. The number of carbonyl (C=O) groups excluding carboxylic acids is 1. The van der Waals surface area contributed by atoms with Crippen molar-refractivity contribution >= 4 is 5.91 Å². The quantitative estimate of drug-likeness (QED) is 0.820. The van der Waals surface area contributed by atoms with Crippen LogP contribution >= 0.6 is 0 Å². The average molecular weight is 316 g/mol. The zero-order valence-electron chi connectivity index (χ0n) is 13.9. The Morgan fingerprint density at radius 3 is 2.70 bits per heavy atom. The van der Waals surface area contributed by atoms with E-state index in [4.69, 9.17) is 0 Å². The van der Waals surface area contributed by atoms with Gasteiger partial charge in [0.15, 0.2) is 5.69 Å². The van der Waals surface area contributed by atoms with E-state index in [0.717, 1.165) is 24.1 Å². The van der Waals surface area contributed by atoms with Crippen LogP contribution in [-0.2, 0) is 0 Å². The number of hydrogen-bond donors (Lipinski definition) is 2. The molecule has 2 N–H and O–H groups in total. The second kappa shape index (κ2) is 7.37. The molecule has 124 valence electrons. The van der Waals surface area contributed by atoms with Gasteiger partial charge in [0.25, 0.3) is 5.91 Å². The molecule has 0 aliphatic rings. The molecule has 23 heavy (non-hydrogen) atoms. The van der Waals surface area contributed by atoms with Crippen LogP contribution in [-0.4, -0.2) is 39.2 Å². The minimum absolute atomic E-state index is 0.0518. The number of hydrogen-bond acceptors (Lipinski definition) is 4. The summed E-state index contributed by atoms with van der Waals surface area (Å²) < 4.78 is 1.58. The molecule has 1 aromatic carbocycles. The molecule has 0 unspecified atom stereocenters. The van der Waals surface area contributed by atoms with Crippen LogP contribution in [0.5, 0.6) is 0 Å². The molecule has 6 nitrogen and oxygen atoms in total. The highest BCUT2D eigenvalue weighted by molar-refractivity contribution is 5.91. The number of amides is 1. The molecular formula is C17H24N4O2. The predicted molar refractivity (Wildman–Crippen MR) is 88.5 cm³/mol. The maximum Gasteiger partial charge on any atom is 0.273 e. The molecule has 0 aliphatic heterocycles. The van der Waals surface area contributed by atoms with Crippen LogP contribution < -0.4 is 5.32 Å². The van der Waals surface area contributed by atoms with Gasteiger partial charge in [0.05, 0.1) is 18.5 Å². The Balaban J connectivity index is 2.07. The summed E-state index contributed by atoms with van der Waals surface area (Å²) >= 11 is 0. The number of benzene rings is 1. The molecule has 0 saturated heterocycles. The summed E-state index contributed by atoms with van der Waals surface area (Å²) in [6, 6.07) is 7.82. The first kappa shape index (κ1) is 17.1. The third-order valence-corrected chi connectivity index (χ3v) is 4.45. The molecule has 1 amide bonds. The molecule has 6 heteroatoms. The summed E-state index contributed by atoms with van der Waals surface area (Å²) in [7, 11) is 0. The van der Waals surface area contributed by atoms with Crippen molar-refractivity contribution in [1.82, 2.24) is 20.3 Å². The molecule has 1 heterocycles. The lowest BCUT2D eigenvalue weighted by atomic mass is 9.83. The lowest BCUT2D eigenvalue weighted by molar-refractivity contribution is 0.0846. The highest BCUT2D eigenvalue weighted by Crippen LogP contribution is 2.24. The molecule has 1 aromatic heterocycles. The number of aliphatic hydroxyl groups is 1. The molecule has 2 rings (SSSR count). The van der Waals surface area contributed by atoms with E-state index in [1.54, 1.807) is 10.9 Å². The van der Waals surface area contributed by atoms with Gasteiger partial charge in [0.2, 0.25) is 0 Å². The first-order valence-corrected chi connectivity index (χ1v) is 7.92. The third-order valence-electron chi connectivity index (χ3n) is 4.45. The fraction of sp³-hybridized carbons (Fsp3) is 0.471. The van der Waals surface area contributed by atoms with Crippen LogP contribution in [0.1, 0.15) is 42.7 Å². The largest absolute Gasteiger partial charge is 0.396 e. The predicted octanol–water partition coefficient (Wildman–Crippen LogP) is 2.10. The fourth-order valence-corrected chi connectivity index (χ4v) is 2.40. The summed E-state index contributed by atoms with van der Waals surface area (Å²) in [5.41, 5.74) is 1.97. The van der Waals surface area contributed by atoms with E-state index in [-0.39, 0.29) is 23.6 Å². The van der Waals surface area contributed by atoms with Crippen molar-refractivity contribution < 1.29 is 9.90 Å². The fourth-order valence-electron chi connectivity index (χ4n) is 2.40. The maximum atomic E-state index is 12.2. The van der Waals surface area contributed by atoms with E-state index in [0.29, 0.717) is 6.54 Å². The van der Waals surface area contributed by atoms with Crippen molar-refractivity contribution in [3.05, 3.63) is 41.7 Å². The van der Waals surface area contributed by atoms with Gasteiger partial charge >= 0.3 is 0 Å². The van der Waals surface area contributed by atoms with Crippen molar-refractivity contribution in [3.8, 4) is 5.69 Å². The molecular weight excluding hydrogens is 292 g/mol. The van der Waals surface area contributed by atoms with E-state index < -0.39 is 0 Å². The summed E-state index contributed by atoms with van der Waals surface area (Å²) in [6.07, 6.45) is 3.22. The molecule has 0 spiro atoms. The summed E-state index contributed by atoms with van der Waals surface area (Å²) in [5, 5.41) is 20.4. The Morgan fingerprint density at radius 1 is 1.35 bits per heavy atom. The van der Waals surface area contributed by atoms with Gasteiger partial charge < -0.3 is 10.4 Å². The molecule has 0 saturated carbocycles. The lowest BCUT2D eigenvalue weighted by Crippen LogP contribution is -2.39. The van der Waals surface area contributed by atoms with Crippen molar-refractivity contribution in [1.29, 1.82) is 0 Å². The second-order valence-electron chi connectivity index (χ2n) is 5.94. The van der Waals surface area contributed by atoms with Gasteiger partial charge in [0.1, 0.15) is 0 Å². The number of aliphatic hydroxyl groups excluding tert-OH is 1. The van der Waals surface area contributed by atoms with Crippen LogP contribution in [0.15, 0.2) is 30.5 Å². The smallest absolute Gasteiger partial charge is 0.273 e. The van der Waals surface area contributed by atoms with Gasteiger partial charge in [-0.3, -0.25) is 4.79 Å². The number of aromatic nitrogens is 3. The van der Waals surface area contributed by atoms with Crippen LogP contribution in [0.4, 0.5) is 0 Å². The normalized spacial score (nSPS) is 11.5. The van der Waals surface area contributed by atoms with Crippen LogP contribution in [0, 0.1) is 12.3 Å². The zero-order chi connectivity index (χ0) is 16.9. The zero-order valence-corrected chi connectivity index (χ0v) is 13.9. The highest BCUT2D eigenvalue weighted by Gasteiger charge is 2.26. The summed E-state index contributed by atoms with van der Waals surface area (Å²) in [4.78, 5) is 12.2. The number of rotatable bonds is 7. The van der Waals surface area contributed by atoms with Gasteiger partial charge in [-0.1, -0.05) is 31.2 Å². The Kier molecular flexibility index (Phi) is 5.50. The third kappa shape index (κ3) is 3.96. The van der Waals surface area contributed by atoms with Gasteiger partial charge in [0, 0.05) is 12.0 Å². The Morgan fingerprint density at radius 2 is 2.09 bits per heavy atom. The standard InChI is InChI=1S/C17H24N4O2/c1-4-17(5-2,12-22)11-18-16(23)15-10-21(20-19-15)14-8-6-7-13(3)9-14/h6-10,22H,4-5,11-12H2,1-3H3,(H,18,23). The van der Waals surface area contributed by atoms with Crippen molar-refractivity contribution in [3.63, 3.8) is 0 Å². The van der Waals surface area contributed by atoms with E-state index >= 15 is 0 Å².